The Labute approximate surface area is 136 Å². The first-order valence-electron chi connectivity index (χ1n) is 6.78. The Kier molecular flexibility index (Phi) is 5.72. The average molecular weight is 401 g/mol. The Morgan fingerprint density at radius 1 is 1.43 bits per heavy atom. The van der Waals surface area contributed by atoms with E-state index in [9.17, 15) is 9.18 Å². The lowest BCUT2D eigenvalue weighted by atomic mass is 10.1. The van der Waals surface area contributed by atoms with Gasteiger partial charge in [0, 0.05) is 12.7 Å². The maximum atomic E-state index is 12.8. The molecule has 6 heteroatoms. The molecule has 112 valence electrons. The number of halogens is 2. The maximum absolute atomic E-state index is 12.8. The number of rotatable bonds is 6. The predicted octanol–water partition coefficient (Wildman–Crippen LogP) is 2.94. The van der Waals surface area contributed by atoms with Gasteiger partial charge in [-0.3, -0.25) is 9.48 Å². The lowest BCUT2D eigenvalue weighted by molar-refractivity contribution is -0.124. The van der Waals surface area contributed by atoms with E-state index < -0.39 is 0 Å². The minimum Gasteiger partial charge on any atom is -0.354 e. The molecule has 2 rings (SSSR count). The van der Waals surface area contributed by atoms with Crippen molar-refractivity contribution in [3.8, 4) is 0 Å². The molecule has 1 N–H and O–H groups in total. The van der Waals surface area contributed by atoms with Crippen molar-refractivity contribution in [2.75, 3.05) is 6.54 Å². The number of nitrogens with zero attached hydrogens (tertiary/aromatic N) is 2. The van der Waals surface area contributed by atoms with Gasteiger partial charge < -0.3 is 5.32 Å². The summed E-state index contributed by atoms with van der Waals surface area (Å²) in [4.78, 5) is 12.0. The fraction of sp³-hybridized carbons (Fsp3) is 0.333. The smallest absolute Gasteiger partial charge is 0.244 e. The van der Waals surface area contributed by atoms with Gasteiger partial charge in [-0.2, -0.15) is 5.10 Å². The minimum absolute atomic E-state index is 0.0476. The van der Waals surface area contributed by atoms with Gasteiger partial charge in [0.1, 0.15) is 11.9 Å². The van der Waals surface area contributed by atoms with E-state index in [0.717, 1.165) is 22.0 Å². The normalized spacial score (nSPS) is 12.1. The summed E-state index contributed by atoms with van der Waals surface area (Å²) >= 11 is 2.16. The zero-order chi connectivity index (χ0) is 15.2. The maximum Gasteiger partial charge on any atom is 0.244 e. The average Bonchev–Trinajstić information content (AvgIpc) is 2.91. The zero-order valence-electron chi connectivity index (χ0n) is 11.7. The van der Waals surface area contributed by atoms with E-state index in [-0.39, 0.29) is 17.8 Å². The molecule has 2 aromatic rings. The van der Waals surface area contributed by atoms with Crippen LogP contribution >= 0.6 is 22.6 Å². The second-order valence-electron chi connectivity index (χ2n) is 4.84. The SMILES string of the molecule is CC(C(=O)NCCCc1ccc(F)cc1)n1cc(I)cn1. The van der Waals surface area contributed by atoms with E-state index in [1.165, 1.54) is 12.1 Å². The second-order valence-corrected chi connectivity index (χ2v) is 6.08. The Morgan fingerprint density at radius 3 is 2.76 bits per heavy atom. The molecule has 0 spiro atoms. The molecule has 1 amide bonds. The number of aryl methyl sites for hydroxylation is 1. The number of nitrogens with one attached hydrogen (secondary N) is 1. The van der Waals surface area contributed by atoms with Crippen LogP contribution in [-0.4, -0.2) is 22.2 Å². The summed E-state index contributed by atoms with van der Waals surface area (Å²) < 4.78 is 15.4. The van der Waals surface area contributed by atoms with Gasteiger partial charge in [-0.1, -0.05) is 12.1 Å². The van der Waals surface area contributed by atoms with Crippen molar-refractivity contribution < 1.29 is 9.18 Å². The third kappa shape index (κ3) is 4.80. The van der Waals surface area contributed by atoms with Gasteiger partial charge in [-0.15, -0.1) is 0 Å². The standard InChI is InChI=1S/C15H17FIN3O/c1-11(20-10-14(17)9-19-20)15(21)18-8-2-3-12-4-6-13(16)7-5-12/h4-7,9-11H,2-3,8H2,1H3,(H,18,21). The second kappa shape index (κ2) is 7.53. The molecular weight excluding hydrogens is 384 g/mol. The molecule has 0 aliphatic rings. The zero-order valence-corrected chi connectivity index (χ0v) is 13.9. The van der Waals surface area contributed by atoms with Gasteiger partial charge in [0.2, 0.25) is 5.91 Å². The van der Waals surface area contributed by atoms with Crippen molar-refractivity contribution in [2.45, 2.75) is 25.8 Å². The molecule has 0 saturated carbocycles. The highest BCUT2D eigenvalue weighted by Crippen LogP contribution is 2.09. The van der Waals surface area contributed by atoms with Crippen LogP contribution in [0.15, 0.2) is 36.7 Å². The van der Waals surface area contributed by atoms with Gasteiger partial charge in [-0.25, -0.2) is 4.39 Å². The largest absolute Gasteiger partial charge is 0.354 e. The first kappa shape index (κ1) is 15.9. The van der Waals surface area contributed by atoms with Gasteiger partial charge >= 0.3 is 0 Å². The molecule has 0 bridgehead atoms. The molecule has 1 aromatic heterocycles. The molecule has 1 heterocycles. The van der Waals surface area contributed by atoms with Crippen LogP contribution < -0.4 is 5.32 Å². The summed E-state index contributed by atoms with van der Waals surface area (Å²) in [5, 5.41) is 7.03. The predicted molar refractivity (Wildman–Crippen MR) is 87.4 cm³/mol. The van der Waals surface area contributed by atoms with Crippen molar-refractivity contribution in [2.24, 2.45) is 0 Å². The summed E-state index contributed by atoms with van der Waals surface area (Å²) in [7, 11) is 0. The van der Waals surface area contributed by atoms with Crippen LogP contribution in [0.4, 0.5) is 4.39 Å². The number of amides is 1. The van der Waals surface area contributed by atoms with Crippen LogP contribution in [0.25, 0.3) is 0 Å². The summed E-state index contributed by atoms with van der Waals surface area (Å²) in [6.45, 7) is 2.41. The Bertz CT molecular complexity index is 597. The molecular formula is C15H17FIN3O. The van der Waals surface area contributed by atoms with Gasteiger partial charge in [0.05, 0.1) is 9.77 Å². The molecule has 1 atom stereocenters. The number of aromatic nitrogens is 2. The van der Waals surface area contributed by atoms with E-state index in [4.69, 9.17) is 0 Å². The first-order valence-corrected chi connectivity index (χ1v) is 7.86. The lowest BCUT2D eigenvalue weighted by Crippen LogP contribution is -2.32. The van der Waals surface area contributed by atoms with E-state index in [1.54, 1.807) is 23.0 Å². The van der Waals surface area contributed by atoms with Crippen LogP contribution in [0.2, 0.25) is 0 Å². The summed E-state index contributed by atoms with van der Waals surface area (Å²) in [5.41, 5.74) is 1.07. The number of carbonyl (C=O) groups is 1. The van der Waals surface area contributed by atoms with E-state index >= 15 is 0 Å². The third-order valence-electron chi connectivity index (χ3n) is 3.20. The fourth-order valence-corrected chi connectivity index (χ4v) is 2.36. The van der Waals surface area contributed by atoms with Gasteiger partial charge in [0.25, 0.3) is 0 Å². The lowest BCUT2D eigenvalue weighted by Gasteiger charge is -2.12. The van der Waals surface area contributed by atoms with Crippen LogP contribution in [0.3, 0.4) is 0 Å². The molecule has 0 aliphatic heterocycles. The highest BCUT2D eigenvalue weighted by molar-refractivity contribution is 14.1. The van der Waals surface area contributed by atoms with Crippen LogP contribution in [0.1, 0.15) is 24.9 Å². The van der Waals surface area contributed by atoms with Crippen molar-refractivity contribution in [3.05, 3.63) is 51.6 Å². The highest BCUT2D eigenvalue weighted by Gasteiger charge is 2.14. The van der Waals surface area contributed by atoms with Crippen molar-refractivity contribution >= 4 is 28.5 Å². The van der Waals surface area contributed by atoms with Crippen LogP contribution in [0.5, 0.6) is 0 Å². The van der Waals surface area contributed by atoms with Gasteiger partial charge in [0.15, 0.2) is 0 Å². The minimum atomic E-state index is -0.320. The van der Waals surface area contributed by atoms with Crippen LogP contribution in [0, 0.1) is 9.39 Å². The number of benzene rings is 1. The summed E-state index contributed by atoms with van der Waals surface area (Å²) in [6, 6.07) is 6.13. The number of hydrogen-bond donors (Lipinski definition) is 1. The number of hydrogen-bond acceptors (Lipinski definition) is 2. The number of carbonyl (C=O) groups excluding carboxylic acids is 1. The third-order valence-corrected chi connectivity index (χ3v) is 3.76. The Hall–Kier alpha value is -1.44. The molecule has 0 fully saturated rings. The monoisotopic (exact) mass is 401 g/mol. The van der Waals surface area contributed by atoms with Crippen molar-refractivity contribution in [1.29, 1.82) is 0 Å². The molecule has 21 heavy (non-hydrogen) atoms. The molecule has 0 radical (unpaired) electrons. The Balaban J connectivity index is 1.73. The first-order chi connectivity index (χ1) is 10.1. The summed E-state index contributed by atoms with van der Waals surface area (Å²) in [6.07, 6.45) is 5.19. The molecule has 4 nitrogen and oxygen atoms in total. The molecule has 0 aliphatic carbocycles. The molecule has 1 aromatic carbocycles. The van der Waals surface area contributed by atoms with E-state index in [0.29, 0.717) is 6.54 Å². The molecule has 0 saturated heterocycles. The Morgan fingerprint density at radius 2 is 2.14 bits per heavy atom. The van der Waals surface area contributed by atoms with Gasteiger partial charge in [-0.05, 0) is 60.1 Å². The van der Waals surface area contributed by atoms with Crippen molar-refractivity contribution in [3.63, 3.8) is 0 Å². The highest BCUT2D eigenvalue weighted by atomic mass is 127. The molecule has 1 unspecified atom stereocenters. The quantitative estimate of drug-likeness (QED) is 0.598. The van der Waals surface area contributed by atoms with E-state index in [1.807, 2.05) is 13.1 Å². The van der Waals surface area contributed by atoms with Crippen LogP contribution in [-0.2, 0) is 11.2 Å². The summed E-state index contributed by atoms with van der Waals surface area (Å²) in [5.74, 6) is -0.275. The van der Waals surface area contributed by atoms with E-state index in [2.05, 4.69) is 33.0 Å². The van der Waals surface area contributed by atoms with Crippen molar-refractivity contribution in [1.82, 2.24) is 15.1 Å². The fourth-order valence-electron chi connectivity index (χ4n) is 1.95. The topological polar surface area (TPSA) is 46.9 Å².